The Morgan fingerprint density at radius 2 is 2.36 bits per heavy atom. The van der Waals surface area contributed by atoms with E-state index in [-0.39, 0.29) is 0 Å². The summed E-state index contributed by atoms with van der Waals surface area (Å²) in [5.74, 6) is 0. The van der Waals surface area contributed by atoms with Crippen LogP contribution in [-0.2, 0) is 5.66 Å². The average molecular weight is 150 g/mol. The summed E-state index contributed by atoms with van der Waals surface area (Å²) in [5, 5.41) is 3.94. The fraction of sp³-hybridized carbons (Fsp3) is 0.429. The lowest BCUT2D eigenvalue weighted by molar-refractivity contribution is 0.402. The fourth-order valence-corrected chi connectivity index (χ4v) is 0.687. The van der Waals surface area contributed by atoms with Gasteiger partial charge in [0, 0.05) is 13.8 Å². The van der Waals surface area contributed by atoms with Crippen molar-refractivity contribution >= 4 is 5.69 Å². The van der Waals surface area contributed by atoms with Gasteiger partial charge in [0.2, 0.25) is 0 Å². The van der Waals surface area contributed by atoms with Crippen molar-refractivity contribution in [3.05, 3.63) is 23.8 Å². The van der Waals surface area contributed by atoms with Crippen molar-refractivity contribution in [3.63, 3.8) is 0 Å². The van der Waals surface area contributed by atoms with E-state index in [1.807, 2.05) is 0 Å². The molecule has 0 radical (unpaired) electrons. The van der Waals surface area contributed by atoms with E-state index in [9.17, 15) is 0 Å². The van der Waals surface area contributed by atoms with E-state index < -0.39 is 5.66 Å². The zero-order valence-electron chi connectivity index (χ0n) is 6.57. The van der Waals surface area contributed by atoms with E-state index in [1.54, 1.807) is 24.7 Å². The summed E-state index contributed by atoms with van der Waals surface area (Å²) < 4.78 is 1.55. The third-order valence-electron chi connectivity index (χ3n) is 1.44. The molecule has 0 fully saturated rings. The highest BCUT2D eigenvalue weighted by molar-refractivity contribution is 5.31. The second kappa shape index (κ2) is 2.27. The maximum absolute atomic E-state index is 6.88. The van der Waals surface area contributed by atoms with Gasteiger partial charge in [-0.1, -0.05) is 0 Å². The predicted molar refractivity (Wildman–Crippen MR) is 42.6 cm³/mol. The van der Waals surface area contributed by atoms with Gasteiger partial charge in [-0.25, -0.2) is 6.57 Å². The molecule has 0 aliphatic rings. The molecule has 2 N–H and O–H groups in total. The Bertz CT molecular complexity index is 292. The van der Waals surface area contributed by atoms with E-state index in [4.69, 9.17) is 12.3 Å². The molecular weight excluding hydrogens is 140 g/mol. The van der Waals surface area contributed by atoms with Crippen LogP contribution in [0, 0.1) is 6.57 Å². The third-order valence-corrected chi connectivity index (χ3v) is 1.44. The Hall–Kier alpha value is -1.50. The van der Waals surface area contributed by atoms with Gasteiger partial charge < -0.3 is 5.73 Å². The first-order chi connectivity index (χ1) is 5.06. The summed E-state index contributed by atoms with van der Waals surface area (Å²) in [7, 11) is 0. The molecule has 4 heteroatoms. The predicted octanol–water partition coefficient (Wildman–Crippen LogP) is 1.08. The van der Waals surface area contributed by atoms with Gasteiger partial charge in [0.25, 0.3) is 0 Å². The SMILES string of the molecule is [C-]#[N+]C(C)(C)n1cc(N)cn1. The highest BCUT2D eigenvalue weighted by Gasteiger charge is 2.25. The standard InChI is InChI=1S/C7H10N4/c1-7(2,9-3)11-5-6(8)4-10-11/h4-5H,8H2,1-2H3. The number of anilines is 1. The van der Waals surface area contributed by atoms with E-state index >= 15 is 0 Å². The Morgan fingerprint density at radius 3 is 2.73 bits per heavy atom. The van der Waals surface area contributed by atoms with Crippen LogP contribution in [0.15, 0.2) is 12.4 Å². The molecule has 1 heterocycles. The van der Waals surface area contributed by atoms with Gasteiger partial charge in [0.1, 0.15) is 0 Å². The van der Waals surface area contributed by atoms with E-state index in [1.165, 1.54) is 6.20 Å². The number of aromatic nitrogens is 2. The first kappa shape index (κ1) is 7.61. The average Bonchev–Trinajstić information content (AvgIpc) is 2.36. The fourth-order valence-electron chi connectivity index (χ4n) is 0.687. The number of hydrogen-bond donors (Lipinski definition) is 1. The van der Waals surface area contributed by atoms with Gasteiger partial charge in [-0.2, -0.15) is 9.78 Å². The molecule has 0 saturated carbocycles. The normalized spacial score (nSPS) is 11.0. The Kier molecular flexibility index (Phi) is 1.57. The minimum atomic E-state index is -0.627. The molecule has 0 amide bonds. The van der Waals surface area contributed by atoms with Crippen molar-refractivity contribution in [3.8, 4) is 0 Å². The van der Waals surface area contributed by atoms with Crippen LogP contribution in [0.3, 0.4) is 0 Å². The van der Waals surface area contributed by atoms with Gasteiger partial charge in [0.15, 0.2) is 0 Å². The highest BCUT2D eigenvalue weighted by atomic mass is 15.4. The first-order valence-electron chi connectivity index (χ1n) is 3.25. The monoisotopic (exact) mass is 150 g/mol. The quantitative estimate of drug-likeness (QED) is 0.609. The molecule has 0 saturated heterocycles. The Morgan fingerprint density at radius 1 is 1.73 bits per heavy atom. The Balaban J connectivity index is 3.04. The Labute approximate surface area is 65.4 Å². The van der Waals surface area contributed by atoms with E-state index in [2.05, 4.69) is 9.94 Å². The minimum absolute atomic E-state index is 0.585. The van der Waals surface area contributed by atoms with Crippen molar-refractivity contribution < 1.29 is 0 Å². The van der Waals surface area contributed by atoms with Gasteiger partial charge in [-0.15, -0.1) is 0 Å². The van der Waals surface area contributed by atoms with Crippen LogP contribution in [0.1, 0.15) is 13.8 Å². The van der Waals surface area contributed by atoms with Crippen LogP contribution in [0.4, 0.5) is 5.69 Å². The molecule has 4 nitrogen and oxygen atoms in total. The van der Waals surface area contributed by atoms with Gasteiger partial charge in [0.05, 0.1) is 18.1 Å². The van der Waals surface area contributed by atoms with Gasteiger partial charge in [-0.3, -0.25) is 4.85 Å². The highest BCUT2D eigenvalue weighted by Crippen LogP contribution is 2.16. The molecule has 1 aromatic heterocycles. The second-order valence-electron chi connectivity index (χ2n) is 2.82. The maximum Gasteiger partial charge on any atom is 0.319 e. The molecule has 1 rings (SSSR count). The molecule has 0 bridgehead atoms. The molecule has 0 unspecified atom stereocenters. The molecule has 0 spiro atoms. The van der Waals surface area contributed by atoms with Gasteiger partial charge in [-0.05, 0) is 0 Å². The maximum atomic E-state index is 6.88. The summed E-state index contributed by atoms with van der Waals surface area (Å²) in [6.45, 7) is 10.4. The van der Waals surface area contributed by atoms with Crippen LogP contribution >= 0.6 is 0 Å². The number of nitrogen functional groups attached to an aromatic ring is 1. The topological polar surface area (TPSA) is 48.2 Å². The van der Waals surface area contributed by atoms with E-state index in [0.717, 1.165) is 0 Å². The van der Waals surface area contributed by atoms with Crippen molar-refractivity contribution in [1.29, 1.82) is 0 Å². The summed E-state index contributed by atoms with van der Waals surface area (Å²) in [6, 6.07) is 0. The van der Waals surface area contributed by atoms with Crippen LogP contribution in [0.25, 0.3) is 4.85 Å². The van der Waals surface area contributed by atoms with Gasteiger partial charge >= 0.3 is 5.66 Å². The van der Waals surface area contributed by atoms with Crippen molar-refractivity contribution in [2.24, 2.45) is 0 Å². The molecule has 0 aromatic carbocycles. The van der Waals surface area contributed by atoms with Crippen molar-refractivity contribution in [2.45, 2.75) is 19.5 Å². The summed E-state index contributed by atoms with van der Waals surface area (Å²) in [6.07, 6.45) is 3.19. The molecule has 0 atom stereocenters. The zero-order valence-corrected chi connectivity index (χ0v) is 6.57. The summed E-state index contributed by atoms with van der Waals surface area (Å²) >= 11 is 0. The van der Waals surface area contributed by atoms with E-state index in [0.29, 0.717) is 5.69 Å². The zero-order chi connectivity index (χ0) is 8.48. The number of nitrogens with two attached hydrogens (primary N) is 1. The lowest BCUT2D eigenvalue weighted by Gasteiger charge is -2.10. The lowest BCUT2D eigenvalue weighted by Crippen LogP contribution is -2.21. The molecule has 11 heavy (non-hydrogen) atoms. The minimum Gasteiger partial charge on any atom is -0.396 e. The molecule has 0 aliphatic carbocycles. The largest absolute Gasteiger partial charge is 0.396 e. The van der Waals surface area contributed by atoms with Crippen LogP contribution < -0.4 is 5.73 Å². The van der Waals surface area contributed by atoms with Crippen LogP contribution in [0.5, 0.6) is 0 Å². The first-order valence-corrected chi connectivity index (χ1v) is 3.25. The number of rotatable bonds is 1. The summed E-state index contributed by atoms with van der Waals surface area (Å²) in [5.41, 5.74) is 5.40. The molecular formula is C7H10N4. The second-order valence-corrected chi connectivity index (χ2v) is 2.82. The number of hydrogen-bond acceptors (Lipinski definition) is 2. The van der Waals surface area contributed by atoms with Crippen LogP contribution in [0.2, 0.25) is 0 Å². The third kappa shape index (κ3) is 1.32. The summed E-state index contributed by atoms with van der Waals surface area (Å²) in [4.78, 5) is 3.40. The molecule has 58 valence electrons. The van der Waals surface area contributed by atoms with Crippen molar-refractivity contribution in [1.82, 2.24) is 9.78 Å². The van der Waals surface area contributed by atoms with Crippen LogP contribution in [-0.4, -0.2) is 9.78 Å². The van der Waals surface area contributed by atoms with Crippen molar-refractivity contribution in [2.75, 3.05) is 5.73 Å². The lowest BCUT2D eigenvalue weighted by atomic mass is 10.3. The molecule has 1 aromatic rings. The number of nitrogens with zero attached hydrogens (tertiary/aromatic N) is 3. The molecule has 0 aliphatic heterocycles. The smallest absolute Gasteiger partial charge is 0.319 e.